The summed E-state index contributed by atoms with van der Waals surface area (Å²) < 4.78 is 61.1. The third-order valence-electron chi connectivity index (χ3n) is 4.76. The van der Waals surface area contributed by atoms with Crippen LogP contribution >= 0.6 is 0 Å². The van der Waals surface area contributed by atoms with Gasteiger partial charge in [0, 0.05) is 37.8 Å². The van der Waals surface area contributed by atoms with E-state index in [0.29, 0.717) is 12.4 Å². The van der Waals surface area contributed by atoms with Crippen molar-refractivity contribution in [3.63, 3.8) is 0 Å². The molecule has 132 valence electrons. The van der Waals surface area contributed by atoms with Crippen LogP contribution < -0.4 is 4.74 Å². The number of fused-ring (bicyclic) bond motifs is 2. The molecule has 1 heterocycles. The molecule has 2 atom stereocenters. The second-order valence-corrected chi connectivity index (χ2v) is 6.47. The third-order valence-corrected chi connectivity index (χ3v) is 4.76. The highest BCUT2D eigenvalue weighted by Crippen LogP contribution is 2.52. The molecular formula is C17H19F4NO2. The van der Waals surface area contributed by atoms with E-state index in [-0.39, 0.29) is 18.7 Å². The van der Waals surface area contributed by atoms with Gasteiger partial charge in [-0.2, -0.15) is 0 Å². The lowest BCUT2D eigenvalue weighted by Crippen LogP contribution is -2.60. The largest absolute Gasteiger partial charge is 0.493 e. The lowest BCUT2D eigenvalue weighted by molar-refractivity contribution is -0.222. The third kappa shape index (κ3) is 2.96. The zero-order chi connectivity index (χ0) is 17.5. The van der Waals surface area contributed by atoms with E-state index in [1.54, 1.807) is 31.2 Å². The van der Waals surface area contributed by atoms with E-state index in [1.807, 2.05) is 0 Å². The Balaban J connectivity index is 1.84. The van der Waals surface area contributed by atoms with E-state index in [1.165, 1.54) is 4.90 Å². The van der Waals surface area contributed by atoms with E-state index < -0.39 is 42.4 Å². The van der Waals surface area contributed by atoms with Crippen LogP contribution in [-0.4, -0.2) is 42.3 Å². The Morgan fingerprint density at radius 3 is 2.33 bits per heavy atom. The Hall–Kier alpha value is -1.79. The summed E-state index contributed by atoms with van der Waals surface area (Å²) in [5, 5.41) is 0. The average molecular weight is 345 g/mol. The number of hydrogen-bond donors (Lipinski definition) is 0. The maximum absolute atomic E-state index is 14.2. The molecule has 3 nitrogen and oxygen atoms in total. The van der Waals surface area contributed by atoms with Crippen molar-refractivity contribution in [2.75, 3.05) is 19.7 Å². The highest BCUT2D eigenvalue weighted by molar-refractivity contribution is 5.97. The zero-order valence-corrected chi connectivity index (χ0v) is 13.3. The fraction of sp³-hybridized carbons (Fsp3) is 0.588. The van der Waals surface area contributed by atoms with E-state index in [9.17, 15) is 22.4 Å². The molecule has 24 heavy (non-hydrogen) atoms. The fourth-order valence-corrected chi connectivity index (χ4v) is 3.65. The SMILES string of the molecule is CCOc1ccccc1C(=O)N1CC2CC(F)(F)CC(C1)C2(F)F. The van der Waals surface area contributed by atoms with Crippen LogP contribution in [0.1, 0.15) is 30.1 Å². The Morgan fingerprint density at radius 1 is 1.17 bits per heavy atom. The summed E-state index contributed by atoms with van der Waals surface area (Å²) in [6.45, 7) is 1.41. The number of piperidine rings is 1. The number of carbonyl (C=O) groups is 1. The molecule has 3 rings (SSSR count). The minimum absolute atomic E-state index is 0.273. The average Bonchev–Trinajstić information content (AvgIpc) is 2.49. The van der Waals surface area contributed by atoms with Crippen LogP contribution in [0.2, 0.25) is 0 Å². The van der Waals surface area contributed by atoms with Crippen molar-refractivity contribution in [1.29, 1.82) is 0 Å². The molecule has 1 aromatic rings. The summed E-state index contributed by atoms with van der Waals surface area (Å²) in [6.07, 6.45) is -1.76. The van der Waals surface area contributed by atoms with Crippen LogP contribution in [0, 0.1) is 11.8 Å². The second-order valence-electron chi connectivity index (χ2n) is 6.47. The number of alkyl halides is 4. The number of ether oxygens (including phenoxy) is 1. The number of rotatable bonds is 3. The molecule has 1 amide bonds. The molecule has 0 aromatic heterocycles. The van der Waals surface area contributed by atoms with Crippen LogP contribution in [0.3, 0.4) is 0 Å². The Kier molecular flexibility index (Phi) is 4.21. The molecule has 2 fully saturated rings. The van der Waals surface area contributed by atoms with Crippen LogP contribution in [0.4, 0.5) is 17.6 Å². The maximum atomic E-state index is 14.2. The van der Waals surface area contributed by atoms with Gasteiger partial charge in [0.05, 0.1) is 12.2 Å². The van der Waals surface area contributed by atoms with Gasteiger partial charge in [-0.25, -0.2) is 17.6 Å². The topological polar surface area (TPSA) is 29.5 Å². The first-order valence-corrected chi connectivity index (χ1v) is 8.01. The van der Waals surface area contributed by atoms with Gasteiger partial charge in [-0.15, -0.1) is 0 Å². The highest BCUT2D eigenvalue weighted by Gasteiger charge is 2.61. The van der Waals surface area contributed by atoms with Gasteiger partial charge in [0.1, 0.15) is 5.75 Å². The molecule has 1 aliphatic heterocycles. The van der Waals surface area contributed by atoms with Crippen molar-refractivity contribution in [2.45, 2.75) is 31.6 Å². The van der Waals surface area contributed by atoms with Gasteiger partial charge in [0.2, 0.25) is 5.92 Å². The molecule has 7 heteroatoms. The Morgan fingerprint density at radius 2 is 1.75 bits per heavy atom. The summed E-state index contributed by atoms with van der Waals surface area (Å²) in [6, 6.07) is 6.55. The molecule has 2 aliphatic rings. The molecule has 0 spiro atoms. The predicted octanol–water partition coefficient (Wildman–Crippen LogP) is 3.84. The van der Waals surface area contributed by atoms with E-state index >= 15 is 0 Å². The maximum Gasteiger partial charge on any atom is 0.257 e. The summed E-state index contributed by atoms with van der Waals surface area (Å²) in [5.74, 6) is -9.34. The monoisotopic (exact) mass is 345 g/mol. The van der Waals surface area contributed by atoms with Crippen LogP contribution in [-0.2, 0) is 0 Å². The number of para-hydroxylation sites is 1. The number of nitrogens with zero attached hydrogens (tertiary/aromatic N) is 1. The van der Waals surface area contributed by atoms with Crippen LogP contribution in [0.5, 0.6) is 5.75 Å². The second kappa shape index (κ2) is 5.93. The summed E-state index contributed by atoms with van der Waals surface area (Å²) in [4.78, 5) is 14.0. The Bertz CT molecular complexity index is 615. The normalized spacial score (nSPS) is 27.6. The molecule has 2 unspecified atom stereocenters. The standard InChI is InChI=1S/C17H19F4NO2/c1-2-24-14-6-4-3-5-13(14)15(23)22-9-11-7-16(18,19)8-12(10-22)17(11,20)21/h3-6,11-12H,2,7-10H2,1H3. The number of hydrogen-bond acceptors (Lipinski definition) is 2. The molecule has 0 N–H and O–H groups in total. The predicted molar refractivity (Wildman–Crippen MR) is 79.6 cm³/mol. The molecule has 1 saturated carbocycles. The molecular weight excluding hydrogens is 326 g/mol. The smallest absolute Gasteiger partial charge is 0.257 e. The lowest BCUT2D eigenvalue weighted by Gasteiger charge is -2.49. The van der Waals surface area contributed by atoms with Gasteiger partial charge in [-0.1, -0.05) is 12.1 Å². The number of benzene rings is 1. The van der Waals surface area contributed by atoms with Crippen molar-refractivity contribution in [3.8, 4) is 5.75 Å². The van der Waals surface area contributed by atoms with Crippen molar-refractivity contribution in [3.05, 3.63) is 29.8 Å². The Labute approximate surface area is 137 Å². The van der Waals surface area contributed by atoms with Crippen molar-refractivity contribution in [2.24, 2.45) is 11.8 Å². The van der Waals surface area contributed by atoms with Gasteiger partial charge in [0.15, 0.2) is 0 Å². The van der Waals surface area contributed by atoms with E-state index in [2.05, 4.69) is 0 Å². The summed E-state index contributed by atoms with van der Waals surface area (Å²) in [7, 11) is 0. The number of halogens is 4. The number of carbonyl (C=O) groups excluding carboxylic acids is 1. The molecule has 2 bridgehead atoms. The highest BCUT2D eigenvalue weighted by atomic mass is 19.3. The molecule has 0 radical (unpaired) electrons. The van der Waals surface area contributed by atoms with E-state index in [0.717, 1.165) is 0 Å². The molecule has 1 saturated heterocycles. The summed E-state index contributed by atoms with van der Waals surface area (Å²) >= 11 is 0. The van der Waals surface area contributed by atoms with Gasteiger partial charge >= 0.3 is 0 Å². The number of amides is 1. The van der Waals surface area contributed by atoms with Crippen molar-refractivity contribution < 1.29 is 27.1 Å². The van der Waals surface area contributed by atoms with Gasteiger partial charge in [-0.05, 0) is 19.1 Å². The summed E-state index contributed by atoms with van der Waals surface area (Å²) in [5.41, 5.74) is 0.273. The minimum Gasteiger partial charge on any atom is -0.493 e. The lowest BCUT2D eigenvalue weighted by atomic mass is 9.72. The van der Waals surface area contributed by atoms with Crippen molar-refractivity contribution in [1.82, 2.24) is 4.90 Å². The van der Waals surface area contributed by atoms with Crippen LogP contribution in [0.25, 0.3) is 0 Å². The van der Waals surface area contributed by atoms with E-state index in [4.69, 9.17) is 4.74 Å². The molecule has 1 aromatic carbocycles. The van der Waals surface area contributed by atoms with Crippen molar-refractivity contribution >= 4 is 5.91 Å². The van der Waals surface area contributed by atoms with Gasteiger partial charge in [-0.3, -0.25) is 4.79 Å². The quantitative estimate of drug-likeness (QED) is 0.779. The first-order chi connectivity index (χ1) is 11.2. The fourth-order valence-electron chi connectivity index (χ4n) is 3.65. The number of likely N-dealkylation sites (tertiary alicyclic amines) is 1. The van der Waals surface area contributed by atoms with Gasteiger partial charge < -0.3 is 9.64 Å². The first kappa shape index (κ1) is 17.0. The van der Waals surface area contributed by atoms with Crippen LogP contribution in [0.15, 0.2) is 24.3 Å². The minimum atomic E-state index is -3.15. The zero-order valence-electron chi connectivity index (χ0n) is 13.3. The first-order valence-electron chi connectivity index (χ1n) is 8.01. The molecule has 1 aliphatic carbocycles. The van der Waals surface area contributed by atoms with Gasteiger partial charge in [0.25, 0.3) is 11.8 Å².